The van der Waals surface area contributed by atoms with Gasteiger partial charge in [-0.25, -0.2) is 4.79 Å². The van der Waals surface area contributed by atoms with Crippen molar-refractivity contribution in [2.45, 2.75) is 31.2 Å². The molecule has 8 heteroatoms. The first-order valence-corrected chi connectivity index (χ1v) is 10.3. The molecule has 3 N–H and O–H groups in total. The van der Waals surface area contributed by atoms with E-state index in [1.165, 1.54) is 11.1 Å². The van der Waals surface area contributed by atoms with Crippen molar-refractivity contribution in [3.63, 3.8) is 0 Å². The van der Waals surface area contributed by atoms with Crippen LogP contribution in [0.4, 0.5) is 10.5 Å². The van der Waals surface area contributed by atoms with Gasteiger partial charge in [-0.15, -0.1) is 0 Å². The first-order chi connectivity index (χ1) is 14.0. The van der Waals surface area contributed by atoms with Crippen LogP contribution in [0.25, 0.3) is 10.9 Å². The standard InChI is InChI=1S/C21H25N5O3/c27-18(5-7-21(15-1-2-15)19(28)23-20(29)24-21)26-11-9-25(10-12-26)16-3-4-17-14(13-16)6-8-22-17/h3-4,6,8,13,15,22H,1-2,5,7,9-12H2,(H2,23,24,28,29). The summed E-state index contributed by atoms with van der Waals surface area (Å²) in [6.45, 7) is 2.90. The number of hydrogen-bond donors (Lipinski definition) is 3. The fourth-order valence-electron chi connectivity index (χ4n) is 4.66. The number of carbonyl (C=O) groups is 3. The summed E-state index contributed by atoms with van der Waals surface area (Å²) in [4.78, 5) is 44.1. The summed E-state index contributed by atoms with van der Waals surface area (Å²) < 4.78 is 0. The molecule has 2 aliphatic heterocycles. The maximum Gasteiger partial charge on any atom is 0.322 e. The van der Waals surface area contributed by atoms with E-state index in [0.29, 0.717) is 19.5 Å². The van der Waals surface area contributed by atoms with Gasteiger partial charge in [0.25, 0.3) is 5.91 Å². The molecule has 3 fully saturated rings. The zero-order chi connectivity index (χ0) is 20.0. The van der Waals surface area contributed by atoms with Gasteiger partial charge in [0.2, 0.25) is 5.91 Å². The van der Waals surface area contributed by atoms with Gasteiger partial charge < -0.3 is 20.1 Å². The molecule has 152 valence electrons. The van der Waals surface area contributed by atoms with Gasteiger partial charge in [0.05, 0.1) is 0 Å². The predicted octanol–water partition coefficient (Wildman–Crippen LogP) is 1.58. The number of nitrogens with one attached hydrogen (secondary N) is 3. The first kappa shape index (κ1) is 18.0. The van der Waals surface area contributed by atoms with Crippen LogP contribution in [0.5, 0.6) is 0 Å². The number of nitrogens with zero attached hydrogens (tertiary/aromatic N) is 2. The van der Waals surface area contributed by atoms with Crippen molar-refractivity contribution in [3.8, 4) is 0 Å². The van der Waals surface area contributed by atoms with Crippen LogP contribution in [0.1, 0.15) is 25.7 Å². The third-order valence-corrected chi connectivity index (χ3v) is 6.51. The van der Waals surface area contributed by atoms with Crippen molar-refractivity contribution < 1.29 is 14.4 Å². The molecule has 0 bridgehead atoms. The summed E-state index contributed by atoms with van der Waals surface area (Å²) in [6.07, 6.45) is 4.43. The Kier molecular flexibility index (Phi) is 4.22. The van der Waals surface area contributed by atoms with Crippen molar-refractivity contribution in [1.82, 2.24) is 20.5 Å². The summed E-state index contributed by atoms with van der Waals surface area (Å²) in [5, 5.41) is 6.32. The summed E-state index contributed by atoms with van der Waals surface area (Å²) >= 11 is 0. The topological polar surface area (TPSA) is 97.5 Å². The monoisotopic (exact) mass is 395 g/mol. The normalized spacial score (nSPS) is 24.7. The number of H-pyrrole nitrogens is 1. The van der Waals surface area contributed by atoms with Gasteiger partial charge >= 0.3 is 6.03 Å². The summed E-state index contributed by atoms with van der Waals surface area (Å²) in [6, 6.07) is 7.98. The Morgan fingerprint density at radius 1 is 1.10 bits per heavy atom. The molecule has 0 radical (unpaired) electrons. The number of aromatic nitrogens is 1. The van der Waals surface area contributed by atoms with Crippen molar-refractivity contribution >= 4 is 34.4 Å². The fourth-order valence-corrected chi connectivity index (χ4v) is 4.66. The molecule has 1 aliphatic carbocycles. The number of amides is 4. The number of hydrogen-bond acceptors (Lipinski definition) is 4. The van der Waals surface area contributed by atoms with E-state index in [9.17, 15) is 14.4 Å². The second-order valence-corrected chi connectivity index (χ2v) is 8.27. The van der Waals surface area contributed by atoms with E-state index < -0.39 is 11.6 Å². The number of benzene rings is 1. The second-order valence-electron chi connectivity index (χ2n) is 8.27. The van der Waals surface area contributed by atoms with Crippen LogP contribution in [0, 0.1) is 5.92 Å². The molecule has 2 saturated heterocycles. The molecular formula is C21H25N5O3. The zero-order valence-corrected chi connectivity index (χ0v) is 16.2. The molecule has 29 heavy (non-hydrogen) atoms. The average molecular weight is 395 g/mol. The van der Waals surface area contributed by atoms with E-state index in [1.54, 1.807) is 0 Å². The van der Waals surface area contributed by atoms with Crippen LogP contribution in [-0.4, -0.2) is 59.4 Å². The SMILES string of the molecule is O=C1NC(=O)C(CCC(=O)N2CCN(c3ccc4[nH]ccc4c3)CC2)(C2CC2)N1. The van der Waals surface area contributed by atoms with Crippen molar-refractivity contribution in [1.29, 1.82) is 0 Å². The fraction of sp³-hybridized carbons (Fsp3) is 0.476. The molecular weight excluding hydrogens is 370 g/mol. The van der Waals surface area contributed by atoms with E-state index in [0.717, 1.165) is 31.4 Å². The van der Waals surface area contributed by atoms with Crippen LogP contribution >= 0.6 is 0 Å². The van der Waals surface area contributed by atoms with E-state index in [2.05, 4.69) is 44.8 Å². The van der Waals surface area contributed by atoms with Crippen molar-refractivity contribution in [3.05, 3.63) is 30.5 Å². The second kappa shape index (κ2) is 6.79. The summed E-state index contributed by atoms with van der Waals surface area (Å²) in [5.41, 5.74) is 1.40. The Balaban J connectivity index is 1.18. The van der Waals surface area contributed by atoms with Gasteiger partial charge in [-0.1, -0.05) is 0 Å². The van der Waals surface area contributed by atoms with Gasteiger partial charge in [-0.3, -0.25) is 14.9 Å². The van der Waals surface area contributed by atoms with Crippen molar-refractivity contribution in [2.24, 2.45) is 5.92 Å². The Morgan fingerprint density at radius 2 is 1.90 bits per heavy atom. The number of aromatic amines is 1. The maximum atomic E-state index is 12.8. The van der Waals surface area contributed by atoms with Gasteiger partial charge in [0, 0.05) is 55.4 Å². The smallest absolute Gasteiger partial charge is 0.322 e. The Hall–Kier alpha value is -3.03. The lowest BCUT2D eigenvalue weighted by molar-refractivity contribution is -0.132. The molecule has 8 nitrogen and oxygen atoms in total. The van der Waals surface area contributed by atoms with Crippen molar-refractivity contribution in [2.75, 3.05) is 31.1 Å². The van der Waals surface area contributed by atoms with Gasteiger partial charge in [-0.05, 0) is 49.4 Å². The highest BCUT2D eigenvalue weighted by Gasteiger charge is 2.55. The van der Waals surface area contributed by atoms with Crippen LogP contribution in [0.3, 0.4) is 0 Å². The largest absolute Gasteiger partial charge is 0.368 e. The highest BCUT2D eigenvalue weighted by atomic mass is 16.2. The quantitative estimate of drug-likeness (QED) is 0.670. The summed E-state index contributed by atoms with van der Waals surface area (Å²) in [5.74, 6) is -0.0653. The molecule has 4 amide bonds. The Labute approximate surface area is 168 Å². The number of anilines is 1. The number of fused-ring (bicyclic) bond motifs is 1. The highest BCUT2D eigenvalue weighted by Crippen LogP contribution is 2.43. The highest BCUT2D eigenvalue weighted by molar-refractivity contribution is 6.07. The lowest BCUT2D eigenvalue weighted by Crippen LogP contribution is -2.51. The van der Waals surface area contributed by atoms with Crippen LogP contribution < -0.4 is 15.5 Å². The van der Waals surface area contributed by atoms with E-state index in [-0.39, 0.29) is 24.2 Å². The zero-order valence-electron chi connectivity index (χ0n) is 16.2. The molecule has 1 aromatic carbocycles. The predicted molar refractivity (Wildman–Crippen MR) is 108 cm³/mol. The number of carbonyl (C=O) groups excluding carboxylic acids is 3. The molecule has 3 aliphatic rings. The molecule has 1 saturated carbocycles. The Morgan fingerprint density at radius 3 is 2.59 bits per heavy atom. The summed E-state index contributed by atoms with van der Waals surface area (Å²) in [7, 11) is 0. The van der Waals surface area contributed by atoms with E-state index >= 15 is 0 Å². The third-order valence-electron chi connectivity index (χ3n) is 6.51. The third kappa shape index (κ3) is 3.22. The number of piperazine rings is 1. The number of urea groups is 1. The minimum atomic E-state index is -0.888. The Bertz CT molecular complexity index is 974. The lowest BCUT2D eigenvalue weighted by Gasteiger charge is -2.36. The minimum absolute atomic E-state index is 0.0553. The number of imide groups is 1. The van der Waals surface area contributed by atoms with E-state index in [4.69, 9.17) is 0 Å². The average Bonchev–Trinajstić information content (AvgIpc) is 3.40. The first-order valence-electron chi connectivity index (χ1n) is 10.3. The van der Waals surface area contributed by atoms with Crippen LogP contribution in [0.15, 0.2) is 30.5 Å². The van der Waals surface area contributed by atoms with Gasteiger partial charge in [0.1, 0.15) is 5.54 Å². The van der Waals surface area contributed by atoms with Gasteiger partial charge in [-0.2, -0.15) is 0 Å². The minimum Gasteiger partial charge on any atom is -0.368 e. The molecule has 3 heterocycles. The van der Waals surface area contributed by atoms with Gasteiger partial charge in [0.15, 0.2) is 0 Å². The molecule has 1 unspecified atom stereocenters. The molecule has 5 rings (SSSR count). The van der Waals surface area contributed by atoms with Crippen LogP contribution in [-0.2, 0) is 9.59 Å². The maximum absolute atomic E-state index is 12.8. The lowest BCUT2D eigenvalue weighted by atomic mass is 9.87. The van der Waals surface area contributed by atoms with E-state index in [1.807, 2.05) is 11.1 Å². The van der Waals surface area contributed by atoms with Crippen LogP contribution in [0.2, 0.25) is 0 Å². The number of rotatable bonds is 5. The molecule has 1 atom stereocenters. The molecule has 0 spiro atoms. The molecule has 1 aromatic heterocycles. The molecule has 2 aromatic rings.